The molecule has 0 radical (unpaired) electrons. The predicted octanol–water partition coefficient (Wildman–Crippen LogP) is -0.0526. The van der Waals surface area contributed by atoms with Gasteiger partial charge in [-0.2, -0.15) is 0 Å². The molecule has 0 saturated carbocycles. The second kappa shape index (κ2) is 5.99. The zero-order valence-electron chi connectivity index (χ0n) is 12.0. The SMILES string of the molecule is CC(C)(CCO)NC(=O)C(C)(C)N1CCNCC1. The number of rotatable bonds is 5. The second-order valence-corrected chi connectivity index (χ2v) is 6.11. The van der Waals surface area contributed by atoms with E-state index in [4.69, 9.17) is 5.11 Å². The van der Waals surface area contributed by atoms with Crippen LogP contribution in [0.2, 0.25) is 0 Å². The molecule has 1 fully saturated rings. The third-order valence-corrected chi connectivity index (χ3v) is 3.65. The summed E-state index contributed by atoms with van der Waals surface area (Å²) < 4.78 is 0. The van der Waals surface area contributed by atoms with E-state index in [1.807, 2.05) is 27.7 Å². The van der Waals surface area contributed by atoms with Gasteiger partial charge in [0.05, 0.1) is 5.54 Å². The molecule has 1 rings (SSSR count). The van der Waals surface area contributed by atoms with Crippen molar-refractivity contribution in [3.8, 4) is 0 Å². The van der Waals surface area contributed by atoms with Crippen LogP contribution in [-0.2, 0) is 4.79 Å². The van der Waals surface area contributed by atoms with E-state index in [1.165, 1.54) is 0 Å². The molecule has 0 aliphatic carbocycles. The van der Waals surface area contributed by atoms with Gasteiger partial charge in [-0.3, -0.25) is 9.69 Å². The van der Waals surface area contributed by atoms with Crippen LogP contribution in [0, 0.1) is 0 Å². The van der Waals surface area contributed by atoms with Crippen molar-refractivity contribution in [2.75, 3.05) is 32.8 Å². The first-order valence-electron chi connectivity index (χ1n) is 6.69. The first-order chi connectivity index (χ1) is 8.29. The first kappa shape index (κ1) is 15.4. The van der Waals surface area contributed by atoms with Crippen molar-refractivity contribution in [2.45, 2.75) is 45.2 Å². The second-order valence-electron chi connectivity index (χ2n) is 6.11. The van der Waals surface area contributed by atoms with Gasteiger partial charge in [0.25, 0.3) is 0 Å². The van der Waals surface area contributed by atoms with Crippen molar-refractivity contribution in [2.24, 2.45) is 0 Å². The van der Waals surface area contributed by atoms with Crippen molar-refractivity contribution >= 4 is 5.91 Å². The van der Waals surface area contributed by atoms with E-state index in [2.05, 4.69) is 15.5 Å². The molecule has 0 atom stereocenters. The van der Waals surface area contributed by atoms with Crippen LogP contribution in [0.15, 0.2) is 0 Å². The van der Waals surface area contributed by atoms with Gasteiger partial charge in [0, 0.05) is 38.3 Å². The molecule has 106 valence electrons. The van der Waals surface area contributed by atoms with Crippen molar-refractivity contribution < 1.29 is 9.90 Å². The molecular formula is C13H27N3O2. The molecule has 0 spiro atoms. The summed E-state index contributed by atoms with van der Waals surface area (Å²) in [7, 11) is 0. The highest BCUT2D eigenvalue weighted by Gasteiger charge is 2.37. The van der Waals surface area contributed by atoms with E-state index in [0.717, 1.165) is 26.2 Å². The Labute approximate surface area is 110 Å². The van der Waals surface area contributed by atoms with Crippen LogP contribution in [0.3, 0.4) is 0 Å². The number of carbonyl (C=O) groups excluding carboxylic acids is 1. The molecule has 1 saturated heterocycles. The highest BCUT2D eigenvalue weighted by molar-refractivity contribution is 5.86. The van der Waals surface area contributed by atoms with Crippen molar-refractivity contribution in [1.82, 2.24) is 15.5 Å². The summed E-state index contributed by atoms with van der Waals surface area (Å²) in [6, 6.07) is 0. The van der Waals surface area contributed by atoms with Gasteiger partial charge in [-0.1, -0.05) is 0 Å². The van der Waals surface area contributed by atoms with Gasteiger partial charge < -0.3 is 15.7 Å². The van der Waals surface area contributed by atoms with E-state index < -0.39 is 5.54 Å². The molecule has 0 aromatic rings. The highest BCUT2D eigenvalue weighted by Crippen LogP contribution is 2.18. The molecule has 0 bridgehead atoms. The minimum Gasteiger partial charge on any atom is -0.396 e. The fourth-order valence-electron chi connectivity index (χ4n) is 2.17. The Bertz CT molecular complexity index is 284. The van der Waals surface area contributed by atoms with Gasteiger partial charge in [0.2, 0.25) is 5.91 Å². The number of hydrogen-bond acceptors (Lipinski definition) is 4. The molecule has 1 aliphatic rings. The van der Waals surface area contributed by atoms with Gasteiger partial charge in [0.15, 0.2) is 0 Å². The Morgan fingerprint density at radius 3 is 2.33 bits per heavy atom. The standard InChI is InChI=1S/C13H27N3O2/c1-12(2,5-10-17)15-11(18)13(3,4)16-8-6-14-7-9-16/h14,17H,5-10H2,1-4H3,(H,15,18). The molecule has 1 heterocycles. The largest absolute Gasteiger partial charge is 0.396 e. The van der Waals surface area contributed by atoms with E-state index in [9.17, 15) is 4.79 Å². The lowest BCUT2D eigenvalue weighted by molar-refractivity contribution is -0.134. The minimum absolute atomic E-state index is 0.0304. The summed E-state index contributed by atoms with van der Waals surface area (Å²) in [6.45, 7) is 11.5. The average Bonchev–Trinajstić information content (AvgIpc) is 2.29. The van der Waals surface area contributed by atoms with Gasteiger partial charge in [-0.25, -0.2) is 0 Å². The average molecular weight is 257 g/mol. The predicted molar refractivity (Wildman–Crippen MR) is 72.4 cm³/mol. The number of amides is 1. The lowest BCUT2D eigenvalue weighted by Gasteiger charge is -2.41. The topological polar surface area (TPSA) is 64.6 Å². The molecule has 1 aliphatic heterocycles. The number of nitrogens with one attached hydrogen (secondary N) is 2. The van der Waals surface area contributed by atoms with Crippen LogP contribution >= 0.6 is 0 Å². The van der Waals surface area contributed by atoms with Gasteiger partial charge >= 0.3 is 0 Å². The van der Waals surface area contributed by atoms with E-state index in [0.29, 0.717) is 6.42 Å². The summed E-state index contributed by atoms with van der Waals surface area (Å²) in [5.74, 6) is 0.0304. The van der Waals surface area contributed by atoms with Gasteiger partial charge in [0.1, 0.15) is 0 Å². The maximum atomic E-state index is 12.4. The van der Waals surface area contributed by atoms with E-state index in [1.54, 1.807) is 0 Å². The monoisotopic (exact) mass is 257 g/mol. The van der Waals surface area contributed by atoms with Crippen molar-refractivity contribution in [1.29, 1.82) is 0 Å². The van der Waals surface area contributed by atoms with Crippen molar-refractivity contribution in [3.05, 3.63) is 0 Å². The first-order valence-corrected chi connectivity index (χ1v) is 6.69. The van der Waals surface area contributed by atoms with E-state index in [-0.39, 0.29) is 18.1 Å². The lowest BCUT2D eigenvalue weighted by Crippen LogP contribution is -2.62. The molecule has 3 N–H and O–H groups in total. The molecule has 5 nitrogen and oxygen atoms in total. The van der Waals surface area contributed by atoms with Crippen molar-refractivity contribution in [3.63, 3.8) is 0 Å². The Kier molecular flexibility index (Phi) is 5.13. The number of aliphatic hydroxyl groups excluding tert-OH is 1. The maximum Gasteiger partial charge on any atom is 0.240 e. The summed E-state index contributed by atoms with van der Waals surface area (Å²) in [5, 5.41) is 15.3. The number of piperazine rings is 1. The quantitative estimate of drug-likeness (QED) is 0.646. The molecule has 0 aromatic carbocycles. The van der Waals surface area contributed by atoms with Crippen LogP contribution in [-0.4, -0.2) is 59.8 Å². The fourth-order valence-corrected chi connectivity index (χ4v) is 2.17. The fraction of sp³-hybridized carbons (Fsp3) is 0.923. The molecule has 0 unspecified atom stereocenters. The van der Waals surface area contributed by atoms with Gasteiger partial charge in [-0.15, -0.1) is 0 Å². The summed E-state index contributed by atoms with van der Waals surface area (Å²) in [6.07, 6.45) is 0.566. The third kappa shape index (κ3) is 3.93. The van der Waals surface area contributed by atoms with Crippen LogP contribution in [0.25, 0.3) is 0 Å². The Hall–Kier alpha value is -0.650. The summed E-state index contributed by atoms with van der Waals surface area (Å²) >= 11 is 0. The highest BCUT2D eigenvalue weighted by atomic mass is 16.3. The van der Waals surface area contributed by atoms with E-state index >= 15 is 0 Å². The summed E-state index contributed by atoms with van der Waals surface area (Å²) in [4.78, 5) is 14.6. The zero-order chi connectivity index (χ0) is 13.8. The van der Waals surface area contributed by atoms with Gasteiger partial charge in [-0.05, 0) is 34.1 Å². The molecule has 1 amide bonds. The Morgan fingerprint density at radius 2 is 1.83 bits per heavy atom. The molecule has 5 heteroatoms. The number of hydrogen-bond donors (Lipinski definition) is 3. The normalized spacial score (nSPS) is 18.7. The molecule has 0 aromatic heterocycles. The summed E-state index contributed by atoms with van der Waals surface area (Å²) in [5.41, 5.74) is -0.869. The Balaban J connectivity index is 2.63. The molecular weight excluding hydrogens is 230 g/mol. The smallest absolute Gasteiger partial charge is 0.240 e. The minimum atomic E-state index is -0.505. The Morgan fingerprint density at radius 1 is 1.28 bits per heavy atom. The van der Waals surface area contributed by atoms with Crippen LogP contribution in [0.4, 0.5) is 0 Å². The van der Waals surface area contributed by atoms with Crippen LogP contribution in [0.1, 0.15) is 34.1 Å². The number of nitrogens with zero attached hydrogens (tertiary/aromatic N) is 1. The maximum absolute atomic E-state index is 12.4. The van der Waals surface area contributed by atoms with Crippen LogP contribution in [0.5, 0.6) is 0 Å². The third-order valence-electron chi connectivity index (χ3n) is 3.65. The zero-order valence-corrected chi connectivity index (χ0v) is 12.0. The molecule has 18 heavy (non-hydrogen) atoms. The number of carbonyl (C=O) groups is 1. The lowest BCUT2D eigenvalue weighted by atomic mass is 9.95. The van der Waals surface area contributed by atoms with Crippen LogP contribution < -0.4 is 10.6 Å². The number of aliphatic hydroxyl groups is 1.